The Hall–Kier alpha value is -1.52. The van der Waals surface area contributed by atoms with Crippen molar-refractivity contribution in [3.63, 3.8) is 0 Å². The van der Waals surface area contributed by atoms with Crippen molar-refractivity contribution in [2.24, 2.45) is 34.5 Å². The number of aliphatic hydroxyl groups excluding tert-OH is 6. The second kappa shape index (κ2) is 8.74. The number of carbonyl (C=O) groups excluding carboxylic acids is 2. The SMILES string of the molecule is CC1=CC(=O)[C@@H](O)[C@@]2(C)[C@@H]1C[C@H]1OC(=O)[C@H](O[C@@H]3O[C@H](CO)[C@@H](O)[C@H](O)[C@H]3O)[C@H]3[C@@H](C)[C@@H](O)[C@]4(O)OC[C@@]31[C@H]42. The number of carbonyl (C=O) groups is 2. The van der Waals surface area contributed by atoms with E-state index in [-0.39, 0.29) is 13.0 Å². The summed E-state index contributed by atoms with van der Waals surface area (Å²) in [4.78, 5) is 26.4. The third kappa shape index (κ3) is 3.25. The van der Waals surface area contributed by atoms with E-state index in [0.717, 1.165) is 0 Å². The molecule has 5 fully saturated rings. The molecule has 2 saturated carbocycles. The maximum Gasteiger partial charge on any atom is 0.336 e. The van der Waals surface area contributed by atoms with E-state index < -0.39 is 114 Å². The van der Waals surface area contributed by atoms with Crippen molar-refractivity contribution in [3.8, 4) is 0 Å². The zero-order chi connectivity index (χ0) is 28.4. The molecule has 3 saturated heterocycles. The highest BCUT2D eigenvalue weighted by atomic mass is 16.7. The molecule has 16 atom stereocenters. The second-order valence-corrected chi connectivity index (χ2v) is 12.4. The van der Waals surface area contributed by atoms with Gasteiger partial charge >= 0.3 is 5.97 Å². The highest BCUT2D eigenvalue weighted by molar-refractivity contribution is 5.96. The molecule has 0 aromatic heterocycles. The molecule has 3 aliphatic carbocycles. The smallest absolute Gasteiger partial charge is 0.336 e. The summed E-state index contributed by atoms with van der Waals surface area (Å²) in [6, 6.07) is 0. The van der Waals surface area contributed by atoms with Gasteiger partial charge in [0.15, 0.2) is 24.0 Å². The van der Waals surface area contributed by atoms with Gasteiger partial charge in [0.05, 0.1) is 13.2 Å². The van der Waals surface area contributed by atoms with Gasteiger partial charge in [-0.25, -0.2) is 4.79 Å². The van der Waals surface area contributed by atoms with Crippen LogP contribution in [0.1, 0.15) is 27.2 Å². The van der Waals surface area contributed by atoms with E-state index >= 15 is 0 Å². The average Bonchev–Trinajstić information content (AvgIpc) is 3.18. The fraction of sp³-hybridized carbons (Fsp3) is 0.846. The van der Waals surface area contributed by atoms with Crippen molar-refractivity contribution in [1.82, 2.24) is 0 Å². The molecule has 13 nitrogen and oxygen atoms in total. The Labute approximate surface area is 223 Å². The normalized spacial score (nSPS) is 58.3. The molecule has 2 bridgehead atoms. The van der Waals surface area contributed by atoms with E-state index in [2.05, 4.69) is 0 Å². The summed E-state index contributed by atoms with van der Waals surface area (Å²) in [7, 11) is 0. The maximum atomic E-state index is 13.5. The minimum atomic E-state index is -2.17. The lowest BCUT2D eigenvalue weighted by molar-refractivity contribution is -0.359. The van der Waals surface area contributed by atoms with Crippen LogP contribution in [-0.4, -0.2) is 122 Å². The van der Waals surface area contributed by atoms with E-state index in [4.69, 9.17) is 18.9 Å². The van der Waals surface area contributed by atoms with Crippen LogP contribution in [0, 0.1) is 34.5 Å². The number of allylic oxidation sites excluding steroid dienone is 1. The molecule has 39 heavy (non-hydrogen) atoms. The zero-order valence-electron chi connectivity index (χ0n) is 21.8. The van der Waals surface area contributed by atoms with Crippen LogP contribution in [0.2, 0.25) is 0 Å². The molecule has 0 amide bonds. The van der Waals surface area contributed by atoms with Crippen LogP contribution in [0.3, 0.4) is 0 Å². The number of hydrogen-bond donors (Lipinski definition) is 7. The fourth-order valence-electron chi connectivity index (χ4n) is 9.08. The number of esters is 1. The lowest BCUT2D eigenvalue weighted by Crippen LogP contribution is -2.78. The van der Waals surface area contributed by atoms with Crippen molar-refractivity contribution in [1.29, 1.82) is 0 Å². The summed E-state index contributed by atoms with van der Waals surface area (Å²) < 4.78 is 23.3. The van der Waals surface area contributed by atoms with Crippen molar-refractivity contribution in [3.05, 3.63) is 11.6 Å². The maximum absolute atomic E-state index is 13.5. The topological polar surface area (TPSA) is 213 Å². The Morgan fingerprint density at radius 3 is 2.46 bits per heavy atom. The molecule has 3 aliphatic heterocycles. The predicted octanol–water partition coefficient (Wildman–Crippen LogP) is -3.04. The molecule has 13 heteroatoms. The molecule has 6 rings (SSSR count). The highest BCUT2D eigenvalue weighted by Gasteiger charge is 2.83. The molecule has 218 valence electrons. The molecule has 0 aromatic carbocycles. The van der Waals surface area contributed by atoms with Gasteiger partial charge in [0, 0.05) is 22.7 Å². The third-order valence-corrected chi connectivity index (χ3v) is 10.8. The number of fused-ring (bicyclic) bond motifs is 1. The summed E-state index contributed by atoms with van der Waals surface area (Å²) in [5.74, 6) is -6.78. The molecular weight excluding hydrogens is 520 g/mol. The van der Waals surface area contributed by atoms with Crippen LogP contribution in [0.5, 0.6) is 0 Å². The van der Waals surface area contributed by atoms with Crippen molar-refractivity contribution < 1.29 is 64.3 Å². The lowest BCUT2D eigenvalue weighted by atomic mass is 9.38. The van der Waals surface area contributed by atoms with Gasteiger partial charge in [-0.2, -0.15) is 0 Å². The van der Waals surface area contributed by atoms with Crippen molar-refractivity contribution in [2.75, 3.05) is 13.2 Å². The Morgan fingerprint density at radius 2 is 1.79 bits per heavy atom. The Morgan fingerprint density at radius 1 is 1.10 bits per heavy atom. The summed E-state index contributed by atoms with van der Waals surface area (Å²) in [5, 5.41) is 75.2. The lowest BCUT2D eigenvalue weighted by Gasteiger charge is -2.68. The van der Waals surface area contributed by atoms with E-state index in [9.17, 15) is 45.3 Å². The van der Waals surface area contributed by atoms with Crippen molar-refractivity contribution in [2.45, 2.75) is 88.1 Å². The zero-order valence-corrected chi connectivity index (χ0v) is 21.8. The van der Waals surface area contributed by atoms with E-state index in [1.165, 1.54) is 6.08 Å². The predicted molar refractivity (Wildman–Crippen MR) is 125 cm³/mol. The van der Waals surface area contributed by atoms with Crippen LogP contribution >= 0.6 is 0 Å². The molecule has 3 heterocycles. The van der Waals surface area contributed by atoms with Crippen LogP contribution in [0.25, 0.3) is 0 Å². The molecule has 6 aliphatic rings. The molecular formula is C26H36O13. The summed E-state index contributed by atoms with van der Waals surface area (Å²) in [5.41, 5.74) is -1.84. The monoisotopic (exact) mass is 556 g/mol. The highest BCUT2D eigenvalue weighted by Crippen LogP contribution is 2.73. The minimum absolute atomic E-state index is 0.168. The number of hydrogen-bond acceptors (Lipinski definition) is 13. The fourth-order valence-corrected chi connectivity index (χ4v) is 9.08. The van der Waals surface area contributed by atoms with Crippen LogP contribution in [0.4, 0.5) is 0 Å². The van der Waals surface area contributed by atoms with Gasteiger partial charge < -0.3 is 54.7 Å². The number of rotatable bonds is 3. The Bertz CT molecular complexity index is 1090. The summed E-state index contributed by atoms with van der Waals surface area (Å²) >= 11 is 0. The van der Waals surface area contributed by atoms with E-state index in [1.54, 1.807) is 20.8 Å². The summed E-state index contributed by atoms with van der Waals surface area (Å²) in [6.45, 7) is 4.17. The standard InChI is InChI=1S/C26H36O13/c1-8-4-11(28)20(33)24(3)10(8)5-13-25-7-36-26(35,23(24)25)19(32)9(2)14(25)18(21(34)38-13)39-22-17(31)16(30)15(29)12(6-27)37-22/h4,9-10,12-20,22-23,27,29-33,35H,5-7H2,1-3H3/t9-,10-,12-,13-,14-,15-,16+,17-,18-,19-,20-,22+,23-,24-,25+,26+/m1/s1. The molecule has 7 N–H and O–H groups in total. The number of aliphatic hydroxyl groups is 7. The minimum Gasteiger partial charge on any atom is -0.460 e. The molecule has 0 radical (unpaired) electrons. The quantitative estimate of drug-likeness (QED) is 0.173. The third-order valence-electron chi connectivity index (χ3n) is 10.8. The van der Waals surface area contributed by atoms with Gasteiger partial charge in [-0.1, -0.05) is 19.4 Å². The van der Waals surface area contributed by atoms with Gasteiger partial charge in [-0.15, -0.1) is 0 Å². The van der Waals surface area contributed by atoms with E-state index in [0.29, 0.717) is 5.57 Å². The molecule has 1 spiro atoms. The van der Waals surface area contributed by atoms with Gasteiger partial charge in [0.1, 0.15) is 42.7 Å². The second-order valence-electron chi connectivity index (χ2n) is 12.4. The first-order valence-electron chi connectivity index (χ1n) is 13.4. The van der Waals surface area contributed by atoms with Crippen LogP contribution in [0.15, 0.2) is 11.6 Å². The van der Waals surface area contributed by atoms with Gasteiger partial charge in [-0.05, 0) is 31.3 Å². The van der Waals surface area contributed by atoms with Gasteiger partial charge in [-0.3, -0.25) is 4.79 Å². The first kappa shape index (κ1) is 27.6. The number of ketones is 1. The average molecular weight is 557 g/mol. The Balaban J connectivity index is 1.46. The van der Waals surface area contributed by atoms with Gasteiger partial charge in [0.2, 0.25) is 0 Å². The first-order valence-corrected chi connectivity index (χ1v) is 13.4. The summed E-state index contributed by atoms with van der Waals surface area (Å²) in [6.07, 6.45) is -11.9. The Kier molecular flexibility index (Phi) is 6.20. The van der Waals surface area contributed by atoms with Crippen LogP contribution < -0.4 is 0 Å². The van der Waals surface area contributed by atoms with Crippen LogP contribution in [-0.2, 0) is 28.5 Å². The number of ether oxygens (including phenoxy) is 4. The largest absolute Gasteiger partial charge is 0.460 e. The van der Waals surface area contributed by atoms with Crippen molar-refractivity contribution >= 4 is 11.8 Å². The molecule has 0 aromatic rings. The first-order chi connectivity index (χ1) is 18.2. The van der Waals surface area contributed by atoms with Gasteiger partial charge in [0.25, 0.3) is 0 Å². The molecule has 0 unspecified atom stereocenters. The van der Waals surface area contributed by atoms with E-state index in [1.807, 2.05) is 0 Å².